The van der Waals surface area contributed by atoms with Crippen LogP contribution in [0.15, 0.2) is 5.10 Å². The first-order valence-corrected chi connectivity index (χ1v) is 7.14. The highest BCUT2D eigenvalue weighted by atomic mass is 32.2. The number of thioether (sulfide) groups is 1. The first kappa shape index (κ1) is 14.0. The van der Waals surface area contributed by atoms with E-state index in [0.717, 1.165) is 5.71 Å². The fraction of sp³-hybridized carbons (Fsp3) is 0.667. The van der Waals surface area contributed by atoms with E-state index in [2.05, 4.69) is 10.5 Å². The van der Waals surface area contributed by atoms with E-state index in [1.807, 2.05) is 6.92 Å². The smallest absolute Gasteiger partial charge is 0.248 e. The minimum atomic E-state index is -0.229. The molecule has 6 nitrogen and oxygen atoms in total. The second kappa shape index (κ2) is 5.73. The van der Waals surface area contributed by atoms with Crippen molar-refractivity contribution in [2.45, 2.75) is 31.9 Å². The number of rotatable bonds is 4. The molecule has 2 amide bonds. The summed E-state index contributed by atoms with van der Waals surface area (Å²) in [5, 5.41) is 3.97. The number of hydrogen-bond acceptors (Lipinski definition) is 5. The Hall–Kier alpha value is -1.37. The van der Waals surface area contributed by atoms with E-state index < -0.39 is 0 Å². The van der Waals surface area contributed by atoms with Gasteiger partial charge < -0.3 is 4.90 Å². The highest BCUT2D eigenvalue weighted by molar-refractivity contribution is 8.14. The normalized spacial score (nSPS) is 26.6. The number of nitrogens with one attached hydrogen (secondary N) is 1. The summed E-state index contributed by atoms with van der Waals surface area (Å²) in [6.45, 7) is 4.45. The Balaban J connectivity index is 1.83. The molecule has 0 aromatic heterocycles. The third kappa shape index (κ3) is 3.34. The van der Waals surface area contributed by atoms with E-state index in [9.17, 15) is 14.4 Å². The molecule has 1 fully saturated rings. The Bertz CT molecular complexity index is 450. The summed E-state index contributed by atoms with van der Waals surface area (Å²) < 4.78 is 0. The predicted molar refractivity (Wildman–Crippen MR) is 72.6 cm³/mol. The lowest BCUT2D eigenvalue weighted by molar-refractivity contribution is -0.128. The molecule has 7 heteroatoms. The van der Waals surface area contributed by atoms with Crippen molar-refractivity contribution in [3.63, 3.8) is 0 Å². The van der Waals surface area contributed by atoms with Crippen LogP contribution >= 0.6 is 11.8 Å². The van der Waals surface area contributed by atoms with Crippen molar-refractivity contribution in [3.05, 3.63) is 0 Å². The number of hydrazone groups is 1. The Labute approximate surface area is 116 Å². The summed E-state index contributed by atoms with van der Waals surface area (Å²) in [6, 6.07) is 0. The summed E-state index contributed by atoms with van der Waals surface area (Å²) in [5.41, 5.74) is 3.21. The summed E-state index contributed by atoms with van der Waals surface area (Å²) in [5.74, 6) is -0.266. The van der Waals surface area contributed by atoms with E-state index >= 15 is 0 Å². The zero-order chi connectivity index (χ0) is 14.0. The Morgan fingerprint density at radius 3 is 2.84 bits per heavy atom. The number of hydrogen-bond donors (Lipinski definition) is 1. The van der Waals surface area contributed by atoms with Crippen LogP contribution in [0.3, 0.4) is 0 Å². The zero-order valence-electron chi connectivity index (χ0n) is 11.0. The molecule has 2 atom stereocenters. The molecule has 0 radical (unpaired) electrons. The van der Waals surface area contributed by atoms with Gasteiger partial charge in [0.15, 0.2) is 5.12 Å². The summed E-state index contributed by atoms with van der Waals surface area (Å²) >= 11 is 1.22. The first-order valence-electron chi connectivity index (χ1n) is 6.26. The van der Waals surface area contributed by atoms with Gasteiger partial charge in [-0.2, -0.15) is 5.10 Å². The maximum atomic E-state index is 11.8. The average molecular weight is 283 g/mol. The molecule has 2 heterocycles. The van der Waals surface area contributed by atoms with Gasteiger partial charge in [0, 0.05) is 37.4 Å². The summed E-state index contributed by atoms with van der Waals surface area (Å²) in [7, 11) is 0. The topological polar surface area (TPSA) is 78.8 Å². The minimum absolute atomic E-state index is 0.0396. The molecule has 2 aliphatic rings. The number of likely N-dealkylation sites (tertiary alicyclic amines) is 1. The van der Waals surface area contributed by atoms with Gasteiger partial charge in [0.05, 0.1) is 5.92 Å². The first-order chi connectivity index (χ1) is 8.97. The van der Waals surface area contributed by atoms with E-state index in [0.29, 0.717) is 25.9 Å². The van der Waals surface area contributed by atoms with Crippen LogP contribution in [0.5, 0.6) is 0 Å². The lowest BCUT2D eigenvalue weighted by atomic mass is 10.0. The molecule has 2 rings (SSSR count). The van der Waals surface area contributed by atoms with E-state index in [4.69, 9.17) is 0 Å². The molecule has 0 aliphatic carbocycles. The summed E-state index contributed by atoms with van der Waals surface area (Å²) in [6.07, 6.45) is 0.999. The monoisotopic (exact) mass is 283 g/mol. The highest BCUT2D eigenvalue weighted by Crippen LogP contribution is 2.25. The van der Waals surface area contributed by atoms with Gasteiger partial charge in [-0.1, -0.05) is 11.8 Å². The molecule has 0 aromatic carbocycles. The molecule has 0 bridgehead atoms. The van der Waals surface area contributed by atoms with Gasteiger partial charge >= 0.3 is 0 Å². The fourth-order valence-corrected chi connectivity index (χ4v) is 3.33. The van der Waals surface area contributed by atoms with Crippen LogP contribution in [0.1, 0.15) is 26.7 Å². The van der Waals surface area contributed by atoms with Crippen molar-refractivity contribution in [2.75, 3.05) is 13.1 Å². The second-order valence-electron chi connectivity index (χ2n) is 4.85. The van der Waals surface area contributed by atoms with Crippen LogP contribution in [-0.2, 0) is 14.4 Å². The van der Waals surface area contributed by atoms with Crippen LogP contribution in [0.25, 0.3) is 0 Å². The number of carbonyl (C=O) groups excluding carboxylic acids is 3. The SMILES string of the molecule is CC(=O)SC1CC(=O)N(CCC2C(=O)NN=C2C)C1. The molecule has 0 saturated carbocycles. The predicted octanol–water partition coefficient (Wildman–Crippen LogP) is 0.379. The minimum Gasteiger partial charge on any atom is -0.341 e. The van der Waals surface area contributed by atoms with Crippen LogP contribution in [-0.4, -0.2) is 45.9 Å². The van der Waals surface area contributed by atoms with E-state index in [1.165, 1.54) is 18.7 Å². The molecular formula is C12H17N3O3S. The van der Waals surface area contributed by atoms with Crippen molar-refractivity contribution in [3.8, 4) is 0 Å². The fourth-order valence-electron chi connectivity index (χ4n) is 2.38. The van der Waals surface area contributed by atoms with Crippen LogP contribution < -0.4 is 5.43 Å². The highest BCUT2D eigenvalue weighted by Gasteiger charge is 2.33. The van der Waals surface area contributed by atoms with Crippen LogP contribution in [0, 0.1) is 5.92 Å². The molecule has 2 aliphatic heterocycles. The van der Waals surface area contributed by atoms with Gasteiger partial charge in [-0.3, -0.25) is 14.4 Å². The molecule has 0 spiro atoms. The lowest BCUT2D eigenvalue weighted by Crippen LogP contribution is -2.31. The zero-order valence-corrected chi connectivity index (χ0v) is 11.8. The average Bonchev–Trinajstić information content (AvgIpc) is 2.80. The van der Waals surface area contributed by atoms with Gasteiger partial charge in [-0.05, 0) is 13.3 Å². The molecule has 19 heavy (non-hydrogen) atoms. The third-order valence-corrected chi connectivity index (χ3v) is 4.34. The van der Waals surface area contributed by atoms with Crippen LogP contribution in [0.2, 0.25) is 0 Å². The van der Waals surface area contributed by atoms with Gasteiger partial charge in [-0.25, -0.2) is 5.43 Å². The molecule has 1 saturated heterocycles. The Kier molecular flexibility index (Phi) is 4.24. The van der Waals surface area contributed by atoms with E-state index in [-0.39, 0.29) is 28.1 Å². The summed E-state index contributed by atoms with van der Waals surface area (Å²) in [4.78, 5) is 36.1. The van der Waals surface area contributed by atoms with Crippen molar-refractivity contribution in [2.24, 2.45) is 11.0 Å². The van der Waals surface area contributed by atoms with Gasteiger partial charge in [0.1, 0.15) is 0 Å². The molecule has 0 aromatic rings. The second-order valence-corrected chi connectivity index (χ2v) is 6.32. The maximum Gasteiger partial charge on any atom is 0.248 e. The van der Waals surface area contributed by atoms with Gasteiger partial charge in [0.25, 0.3) is 0 Å². The largest absolute Gasteiger partial charge is 0.341 e. The van der Waals surface area contributed by atoms with E-state index in [1.54, 1.807) is 4.90 Å². The van der Waals surface area contributed by atoms with Crippen molar-refractivity contribution >= 4 is 34.4 Å². The van der Waals surface area contributed by atoms with Crippen molar-refractivity contribution in [1.29, 1.82) is 0 Å². The molecule has 1 N–H and O–H groups in total. The quantitative estimate of drug-likeness (QED) is 0.809. The number of amides is 2. The van der Waals surface area contributed by atoms with Crippen LogP contribution in [0.4, 0.5) is 0 Å². The Morgan fingerprint density at radius 2 is 2.26 bits per heavy atom. The standard InChI is InChI=1S/C12H17N3O3S/c1-7-10(12(18)14-13-7)3-4-15-6-9(5-11(15)17)19-8(2)16/h9-10H,3-6H2,1-2H3,(H,14,18). The molecular weight excluding hydrogens is 266 g/mol. The van der Waals surface area contributed by atoms with Gasteiger partial charge in [-0.15, -0.1) is 0 Å². The Morgan fingerprint density at radius 1 is 1.53 bits per heavy atom. The van der Waals surface area contributed by atoms with Crippen molar-refractivity contribution in [1.82, 2.24) is 10.3 Å². The maximum absolute atomic E-state index is 11.8. The number of carbonyl (C=O) groups is 3. The van der Waals surface area contributed by atoms with Gasteiger partial charge in [0.2, 0.25) is 11.8 Å². The number of nitrogens with zero attached hydrogens (tertiary/aromatic N) is 2. The lowest BCUT2D eigenvalue weighted by Gasteiger charge is -2.18. The molecule has 2 unspecified atom stereocenters. The molecule has 104 valence electrons. The van der Waals surface area contributed by atoms with Crippen molar-refractivity contribution < 1.29 is 14.4 Å². The third-order valence-electron chi connectivity index (χ3n) is 3.36.